The van der Waals surface area contributed by atoms with Crippen LogP contribution in [0.1, 0.15) is 0 Å². The summed E-state index contributed by atoms with van der Waals surface area (Å²) in [5.74, 6) is -0.790. The summed E-state index contributed by atoms with van der Waals surface area (Å²) in [7, 11) is 0. The Kier molecular flexibility index (Phi) is 2.38. The lowest BCUT2D eigenvalue weighted by atomic mass is 10.3. The molecule has 0 aliphatic carbocycles. The Hall–Kier alpha value is -0.720. The molecule has 0 saturated carbocycles. The third-order valence-electron chi connectivity index (χ3n) is 1.11. The van der Waals surface area contributed by atoms with Crippen LogP contribution < -0.4 is 0 Å². The molecule has 1 rings (SSSR count). The Balaban J connectivity index is 3.20. The molecule has 1 aromatic rings. The molecule has 0 amide bonds. The molecule has 0 fully saturated rings. The van der Waals surface area contributed by atoms with E-state index in [1.165, 1.54) is 6.07 Å². The predicted molar refractivity (Wildman–Crippen MR) is 45.8 cm³/mol. The summed E-state index contributed by atoms with van der Waals surface area (Å²) in [6, 6.07) is 3.76. The Morgan fingerprint density at radius 2 is 2.18 bits per heavy atom. The van der Waals surface area contributed by atoms with Gasteiger partial charge in [-0.05, 0) is 34.7 Å². The van der Waals surface area contributed by atoms with Crippen LogP contribution >= 0.6 is 22.6 Å². The highest BCUT2D eigenvalue weighted by atomic mass is 127. The zero-order valence-electron chi connectivity index (χ0n) is 5.25. The van der Waals surface area contributed by atoms with Crippen molar-refractivity contribution >= 4 is 28.3 Å². The number of benzene rings is 1. The van der Waals surface area contributed by atoms with Crippen LogP contribution in [0, 0.1) is 19.5 Å². The van der Waals surface area contributed by atoms with Gasteiger partial charge in [0.1, 0.15) is 0 Å². The number of nitrogens with zero attached hydrogens (tertiary/aromatic N) is 1. The molecule has 0 radical (unpaired) electrons. The summed E-state index contributed by atoms with van der Waals surface area (Å²) in [6.45, 7) is 0. The monoisotopic (exact) mass is 267 g/mol. The topological polar surface area (TPSA) is 43.1 Å². The maximum atomic E-state index is 12.7. The van der Waals surface area contributed by atoms with E-state index in [1.807, 2.05) is 22.6 Å². The highest BCUT2D eigenvalue weighted by Gasteiger charge is 2.12. The van der Waals surface area contributed by atoms with Gasteiger partial charge < -0.3 is 0 Å². The minimum atomic E-state index is -0.790. The van der Waals surface area contributed by atoms with E-state index in [2.05, 4.69) is 0 Å². The standard InChI is InChI=1S/C6H3FINO2/c7-5-3-4(8)1-2-6(5)9(10)11/h1-3H. The van der Waals surface area contributed by atoms with E-state index in [9.17, 15) is 14.5 Å². The van der Waals surface area contributed by atoms with Crippen molar-refractivity contribution in [2.24, 2.45) is 0 Å². The van der Waals surface area contributed by atoms with Gasteiger partial charge in [0.15, 0.2) is 0 Å². The third kappa shape index (κ3) is 1.86. The van der Waals surface area contributed by atoms with Crippen molar-refractivity contribution in [2.75, 3.05) is 0 Å². The Morgan fingerprint density at radius 3 is 2.64 bits per heavy atom. The molecule has 0 aliphatic heterocycles. The first-order valence-corrected chi connectivity index (χ1v) is 3.78. The van der Waals surface area contributed by atoms with E-state index >= 15 is 0 Å². The van der Waals surface area contributed by atoms with Gasteiger partial charge in [-0.25, -0.2) is 0 Å². The lowest BCUT2D eigenvalue weighted by Crippen LogP contribution is -1.91. The van der Waals surface area contributed by atoms with E-state index in [0.717, 1.165) is 12.1 Å². The number of hydrogen-bond donors (Lipinski definition) is 0. The number of rotatable bonds is 1. The molecule has 0 aromatic heterocycles. The molecule has 1 aromatic carbocycles. The molecule has 58 valence electrons. The fourth-order valence-electron chi connectivity index (χ4n) is 0.629. The maximum absolute atomic E-state index is 12.7. The average molecular weight is 267 g/mol. The molecule has 5 heteroatoms. The molecular formula is C6H3FINO2. The van der Waals surface area contributed by atoms with Crippen LogP contribution in [0.15, 0.2) is 18.2 Å². The molecule has 0 heterocycles. The van der Waals surface area contributed by atoms with Gasteiger partial charge in [-0.2, -0.15) is 4.39 Å². The second-order valence-electron chi connectivity index (χ2n) is 1.85. The van der Waals surface area contributed by atoms with E-state index in [0.29, 0.717) is 3.57 Å². The van der Waals surface area contributed by atoms with Crippen LogP contribution in [0.5, 0.6) is 0 Å². The van der Waals surface area contributed by atoms with Gasteiger partial charge >= 0.3 is 5.69 Å². The van der Waals surface area contributed by atoms with E-state index in [-0.39, 0.29) is 0 Å². The smallest absolute Gasteiger partial charge is 0.258 e. The Labute approximate surface area is 75.5 Å². The van der Waals surface area contributed by atoms with Gasteiger partial charge in [0.25, 0.3) is 0 Å². The minimum Gasteiger partial charge on any atom is -0.258 e. The molecule has 0 unspecified atom stereocenters. The van der Waals surface area contributed by atoms with Crippen LogP contribution in [0.4, 0.5) is 10.1 Å². The number of nitro groups is 1. The highest BCUT2D eigenvalue weighted by molar-refractivity contribution is 14.1. The van der Waals surface area contributed by atoms with Crippen molar-refractivity contribution in [1.29, 1.82) is 0 Å². The number of halogens is 2. The fraction of sp³-hybridized carbons (Fsp3) is 0. The van der Waals surface area contributed by atoms with Gasteiger partial charge in [0.05, 0.1) is 4.92 Å². The van der Waals surface area contributed by atoms with Crippen LogP contribution in [-0.4, -0.2) is 4.92 Å². The van der Waals surface area contributed by atoms with Gasteiger partial charge in [-0.15, -0.1) is 0 Å². The van der Waals surface area contributed by atoms with Crippen molar-refractivity contribution in [1.82, 2.24) is 0 Å². The van der Waals surface area contributed by atoms with Crippen molar-refractivity contribution in [3.63, 3.8) is 0 Å². The summed E-state index contributed by atoms with van der Waals surface area (Å²) < 4.78 is 13.3. The van der Waals surface area contributed by atoms with Crippen LogP contribution in [0.3, 0.4) is 0 Å². The lowest BCUT2D eigenvalue weighted by Gasteiger charge is -1.92. The maximum Gasteiger partial charge on any atom is 0.304 e. The SMILES string of the molecule is O=[N+]([O-])c1ccc(I)cc1F. The molecular weight excluding hydrogens is 264 g/mol. The van der Waals surface area contributed by atoms with Crippen molar-refractivity contribution < 1.29 is 9.31 Å². The Morgan fingerprint density at radius 1 is 1.55 bits per heavy atom. The van der Waals surface area contributed by atoms with E-state index < -0.39 is 16.4 Å². The zero-order valence-corrected chi connectivity index (χ0v) is 7.41. The molecule has 0 N–H and O–H groups in total. The summed E-state index contributed by atoms with van der Waals surface area (Å²) in [4.78, 5) is 9.35. The summed E-state index contributed by atoms with van der Waals surface area (Å²) in [5.41, 5.74) is -0.481. The number of hydrogen-bond acceptors (Lipinski definition) is 2. The first-order valence-electron chi connectivity index (χ1n) is 2.70. The second kappa shape index (κ2) is 3.12. The van der Waals surface area contributed by atoms with Gasteiger partial charge in [-0.3, -0.25) is 10.1 Å². The predicted octanol–water partition coefficient (Wildman–Crippen LogP) is 2.34. The molecule has 11 heavy (non-hydrogen) atoms. The van der Waals surface area contributed by atoms with Gasteiger partial charge in [0.2, 0.25) is 5.82 Å². The molecule has 0 aliphatic rings. The third-order valence-corrected chi connectivity index (χ3v) is 1.78. The van der Waals surface area contributed by atoms with Crippen molar-refractivity contribution in [2.45, 2.75) is 0 Å². The Bertz CT molecular complexity index is 303. The largest absolute Gasteiger partial charge is 0.304 e. The van der Waals surface area contributed by atoms with Crippen molar-refractivity contribution in [3.05, 3.63) is 37.7 Å². The minimum absolute atomic E-state index is 0.481. The summed E-state index contributed by atoms with van der Waals surface area (Å²) in [5, 5.41) is 10.1. The normalized spacial score (nSPS) is 9.64. The molecule has 0 saturated heterocycles. The van der Waals surface area contributed by atoms with Crippen LogP contribution in [0.2, 0.25) is 0 Å². The summed E-state index contributed by atoms with van der Waals surface area (Å²) in [6.07, 6.45) is 0. The van der Waals surface area contributed by atoms with Crippen molar-refractivity contribution in [3.8, 4) is 0 Å². The fourth-order valence-corrected chi connectivity index (χ4v) is 1.08. The van der Waals surface area contributed by atoms with Gasteiger partial charge in [0, 0.05) is 9.64 Å². The van der Waals surface area contributed by atoms with E-state index in [1.54, 1.807) is 0 Å². The average Bonchev–Trinajstić information content (AvgIpc) is 1.85. The quantitative estimate of drug-likeness (QED) is 0.445. The molecule has 3 nitrogen and oxygen atoms in total. The summed E-state index contributed by atoms with van der Waals surface area (Å²) >= 11 is 1.88. The lowest BCUT2D eigenvalue weighted by molar-refractivity contribution is -0.387. The first-order chi connectivity index (χ1) is 5.11. The zero-order chi connectivity index (χ0) is 8.43. The second-order valence-corrected chi connectivity index (χ2v) is 3.10. The van der Waals surface area contributed by atoms with Crippen LogP contribution in [0.25, 0.3) is 0 Å². The first kappa shape index (κ1) is 8.38. The molecule has 0 bridgehead atoms. The molecule has 0 atom stereocenters. The van der Waals surface area contributed by atoms with Gasteiger partial charge in [-0.1, -0.05) is 0 Å². The van der Waals surface area contributed by atoms with E-state index in [4.69, 9.17) is 0 Å². The number of nitro benzene ring substituents is 1. The van der Waals surface area contributed by atoms with Crippen LogP contribution in [-0.2, 0) is 0 Å². The highest BCUT2D eigenvalue weighted by Crippen LogP contribution is 2.18. The molecule has 0 spiro atoms.